The number of rotatable bonds is 5. The van der Waals surface area contributed by atoms with Crippen molar-refractivity contribution in [3.63, 3.8) is 0 Å². The van der Waals surface area contributed by atoms with Gasteiger partial charge in [0.1, 0.15) is 0 Å². The molecule has 11 heavy (non-hydrogen) atoms. The fourth-order valence-electron chi connectivity index (χ4n) is 0.825. The van der Waals surface area contributed by atoms with E-state index in [0.29, 0.717) is 0 Å². The van der Waals surface area contributed by atoms with Crippen LogP contribution in [0.25, 0.3) is 0 Å². The molecule has 0 bridgehead atoms. The lowest BCUT2D eigenvalue weighted by atomic mass is 9.87. The molecule has 0 saturated carbocycles. The first-order valence-corrected chi connectivity index (χ1v) is 3.84. The van der Waals surface area contributed by atoms with Gasteiger partial charge in [0.05, 0.1) is 13.2 Å². The van der Waals surface area contributed by atoms with Gasteiger partial charge in [-0.2, -0.15) is 0 Å². The molecule has 0 aromatic heterocycles. The lowest BCUT2D eigenvalue weighted by Crippen LogP contribution is -2.25. The van der Waals surface area contributed by atoms with Crippen molar-refractivity contribution in [3.05, 3.63) is 0 Å². The number of terminal acetylenes is 1. The van der Waals surface area contributed by atoms with Crippen molar-refractivity contribution in [2.75, 3.05) is 13.2 Å². The molecule has 0 aliphatic carbocycles. The van der Waals surface area contributed by atoms with Gasteiger partial charge < -0.3 is 10.2 Å². The van der Waals surface area contributed by atoms with Gasteiger partial charge in [-0.1, -0.05) is 6.92 Å². The van der Waals surface area contributed by atoms with Crippen molar-refractivity contribution in [3.8, 4) is 12.3 Å². The molecule has 0 aliphatic rings. The van der Waals surface area contributed by atoms with Gasteiger partial charge in [-0.3, -0.25) is 0 Å². The zero-order chi connectivity index (χ0) is 8.74. The van der Waals surface area contributed by atoms with Crippen LogP contribution in [0.1, 0.15) is 26.2 Å². The molecule has 0 radical (unpaired) electrons. The highest BCUT2D eigenvalue weighted by Crippen LogP contribution is 2.21. The minimum absolute atomic E-state index is 0.0219. The molecule has 0 rings (SSSR count). The molecule has 2 nitrogen and oxygen atoms in total. The minimum atomic E-state index is -0.350. The lowest BCUT2D eigenvalue weighted by molar-refractivity contribution is 0.0615. The van der Waals surface area contributed by atoms with Gasteiger partial charge in [0.15, 0.2) is 0 Å². The van der Waals surface area contributed by atoms with Gasteiger partial charge in [-0.25, -0.2) is 0 Å². The van der Waals surface area contributed by atoms with E-state index in [1.54, 1.807) is 0 Å². The first kappa shape index (κ1) is 10.5. The van der Waals surface area contributed by atoms with Gasteiger partial charge in [0.2, 0.25) is 0 Å². The van der Waals surface area contributed by atoms with Crippen LogP contribution in [0.3, 0.4) is 0 Å². The monoisotopic (exact) mass is 156 g/mol. The van der Waals surface area contributed by atoms with Crippen LogP contribution < -0.4 is 0 Å². The van der Waals surface area contributed by atoms with E-state index in [1.807, 2.05) is 6.92 Å². The maximum absolute atomic E-state index is 8.87. The number of hydrogen-bond donors (Lipinski definition) is 2. The Labute approximate surface area is 68.2 Å². The molecule has 0 spiro atoms. The van der Waals surface area contributed by atoms with Crippen molar-refractivity contribution in [2.45, 2.75) is 26.2 Å². The summed E-state index contributed by atoms with van der Waals surface area (Å²) in [4.78, 5) is 0. The fourth-order valence-corrected chi connectivity index (χ4v) is 0.825. The standard InChI is InChI=1S/C9H16O2/c1-3-4-5-6-9(2,7-10)8-11/h1,10-11H,4-8H2,2H3. The van der Waals surface area contributed by atoms with Crippen LogP contribution >= 0.6 is 0 Å². The third kappa shape index (κ3) is 4.02. The molecule has 0 heterocycles. The Bertz CT molecular complexity index is 131. The quantitative estimate of drug-likeness (QED) is 0.456. The zero-order valence-corrected chi connectivity index (χ0v) is 7.01. The summed E-state index contributed by atoms with van der Waals surface area (Å²) < 4.78 is 0. The zero-order valence-electron chi connectivity index (χ0n) is 7.01. The van der Waals surface area contributed by atoms with Gasteiger partial charge in [0.25, 0.3) is 0 Å². The van der Waals surface area contributed by atoms with Gasteiger partial charge in [-0.05, 0) is 12.8 Å². The van der Waals surface area contributed by atoms with Crippen molar-refractivity contribution in [1.82, 2.24) is 0 Å². The molecule has 0 saturated heterocycles. The predicted molar refractivity (Wildman–Crippen MR) is 45.0 cm³/mol. The fraction of sp³-hybridized carbons (Fsp3) is 0.778. The predicted octanol–water partition coefficient (Wildman–Crippen LogP) is 0.781. The van der Waals surface area contributed by atoms with E-state index in [4.69, 9.17) is 16.6 Å². The number of hydrogen-bond acceptors (Lipinski definition) is 2. The van der Waals surface area contributed by atoms with E-state index >= 15 is 0 Å². The molecule has 0 fully saturated rings. The third-order valence-corrected chi connectivity index (χ3v) is 1.86. The van der Waals surface area contributed by atoms with E-state index in [1.165, 1.54) is 0 Å². The maximum atomic E-state index is 8.87. The molecule has 0 aliphatic heterocycles. The Morgan fingerprint density at radius 1 is 1.36 bits per heavy atom. The van der Waals surface area contributed by atoms with E-state index in [0.717, 1.165) is 19.3 Å². The third-order valence-electron chi connectivity index (χ3n) is 1.86. The second-order valence-corrected chi connectivity index (χ2v) is 3.18. The summed E-state index contributed by atoms with van der Waals surface area (Å²) >= 11 is 0. The van der Waals surface area contributed by atoms with Crippen LogP contribution in [0.5, 0.6) is 0 Å². The summed E-state index contributed by atoms with van der Waals surface area (Å²) in [6.07, 6.45) is 7.43. The highest BCUT2D eigenvalue weighted by molar-refractivity contribution is 4.84. The van der Waals surface area contributed by atoms with Crippen LogP contribution in [0.15, 0.2) is 0 Å². The molecular weight excluding hydrogens is 140 g/mol. The van der Waals surface area contributed by atoms with Crippen molar-refractivity contribution >= 4 is 0 Å². The SMILES string of the molecule is C#CCCCC(C)(CO)CO. The largest absolute Gasteiger partial charge is 0.396 e. The number of aliphatic hydroxyl groups excluding tert-OH is 2. The van der Waals surface area contributed by atoms with Crippen molar-refractivity contribution in [2.24, 2.45) is 5.41 Å². The highest BCUT2D eigenvalue weighted by Gasteiger charge is 2.20. The van der Waals surface area contributed by atoms with Crippen molar-refractivity contribution < 1.29 is 10.2 Å². The Balaban J connectivity index is 3.62. The van der Waals surface area contributed by atoms with Crippen LogP contribution in [0, 0.1) is 17.8 Å². The first-order chi connectivity index (χ1) is 5.18. The second kappa shape index (κ2) is 5.17. The summed E-state index contributed by atoms with van der Waals surface area (Å²) in [6, 6.07) is 0. The first-order valence-electron chi connectivity index (χ1n) is 3.84. The van der Waals surface area contributed by atoms with E-state index in [-0.39, 0.29) is 18.6 Å². The topological polar surface area (TPSA) is 40.5 Å². The molecule has 0 unspecified atom stereocenters. The second-order valence-electron chi connectivity index (χ2n) is 3.18. The molecular formula is C9H16O2. The van der Waals surface area contributed by atoms with Crippen LogP contribution in [-0.4, -0.2) is 23.4 Å². The summed E-state index contributed by atoms with van der Waals surface area (Å²) in [5.41, 5.74) is -0.350. The van der Waals surface area contributed by atoms with Crippen LogP contribution in [0.2, 0.25) is 0 Å². The number of unbranched alkanes of at least 4 members (excludes halogenated alkanes) is 1. The average Bonchev–Trinajstić information content (AvgIpc) is 2.05. The van der Waals surface area contributed by atoms with Crippen LogP contribution in [0.4, 0.5) is 0 Å². The molecule has 2 N–H and O–H groups in total. The Hall–Kier alpha value is -0.520. The Morgan fingerprint density at radius 2 is 1.91 bits per heavy atom. The summed E-state index contributed by atoms with van der Waals surface area (Å²) in [5.74, 6) is 2.53. The normalized spacial score (nSPS) is 11.1. The highest BCUT2D eigenvalue weighted by atomic mass is 16.3. The number of aliphatic hydroxyl groups is 2. The Morgan fingerprint density at radius 3 is 2.27 bits per heavy atom. The van der Waals surface area contributed by atoms with E-state index < -0.39 is 0 Å². The summed E-state index contributed by atoms with van der Waals surface area (Å²) in [5, 5.41) is 17.7. The molecule has 0 amide bonds. The lowest BCUT2D eigenvalue weighted by Gasteiger charge is -2.23. The van der Waals surface area contributed by atoms with Crippen LogP contribution in [-0.2, 0) is 0 Å². The van der Waals surface area contributed by atoms with Gasteiger partial charge >= 0.3 is 0 Å². The summed E-state index contributed by atoms with van der Waals surface area (Å²) in [7, 11) is 0. The van der Waals surface area contributed by atoms with E-state index in [2.05, 4.69) is 5.92 Å². The van der Waals surface area contributed by atoms with Crippen molar-refractivity contribution in [1.29, 1.82) is 0 Å². The average molecular weight is 156 g/mol. The molecule has 0 aromatic rings. The molecule has 2 heteroatoms. The van der Waals surface area contributed by atoms with Gasteiger partial charge in [-0.15, -0.1) is 12.3 Å². The minimum Gasteiger partial charge on any atom is -0.396 e. The smallest absolute Gasteiger partial charge is 0.0506 e. The molecule has 0 aromatic carbocycles. The Kier molecular flexibility index (Phi) is 4.93. The summed E-state index contributed by atoms with van der Waals surface area (Å²) in [6.45, 7) is 1.89. The van der Waals surface area contributed by atoms with Gasteiger partial charge in [0, 0.05) is 11.8 Å². The molecule has 64 valence electrons. The van der Waals surface area contributed by atoms with E-state index in [9.17, 15) is 0 Å². The molecule has 0 atom stereocenters. The maximum Gasteiger partial charge on any atom is 0.0506 e.